The van der Waals surface area contributed by atoms with Crippen LogP contribution in [0.4, 0.5) is 17.6 Å². The Kier molecular flexibility index (Phi) is 3.07. The van der Waals surface area contributed by atoms with Crippen molar-refractivity contribution in [1.82, 2.24) is 0 Å². The molecule has 0 atom stereocenters. The summed E-state index contributed by atoms with van der Waals surface area (Å²) < 4.78 is 51.9. The summed E-state index contributed by atoms with van der Waals surface area (Å²) in [6.45, 7) is 0. The second-order valence-corrected chi connectivity index (χ2v) is 3.65. The molecule has 0 spiro atoms. The highest BCUT2D eigenvalue weighted by Gasteiger charge is 2.14. The van der Waals surface area contributed by atoms with Crippen LogP contribution in [0.15, 0.2) is 24.3 Å². The Labute approximate surface area is 99.5 Å². The van der Waals surface area contributed by atoms with Gasteiger partial charge in [0, 0.05) is 5.56 Å². The lowest BCUT2D eigenvalue weighted by molar-refractivity contribution is 0.447. The SMILES string of the molecule is Fc1cc(-c2[c]ccc(F)c2Cl)cc(F)c1F. The van der Waals surface area contributed by atoms with E-state index in [1.807, 2.05) is 0 Å². The summed E-state index contributed by atoms with van der Waals surface area (Å²) >= 11 is 5.63. The summed E-state index contributed by atoms with van der Waals surface area (Å²) in [5.74, 6) is -5.06. The molecule has 0 unspecified atom stereocenters. The Morgan fingerprint density at radius 3 is 2.12 bits per heavy atom. The standard InChI is InChI=1S/C12H4ClF4/c13-11-7(2-1-3-8(11)14)6-4-9(15)12(17)10(16)5-6/h1,3-5H. The van der Waals surface area contributed by atoms with Gasteiger partial charge in [-0.1, -0.05) is 17.7 Å². The van der Waals surface area contributed by atoms with Gasteiger partial charge in [0.2, 0.25) is 0 Å². The van der Waals surface area contributed by atoms with Crippen molar-refractivity contribution in [2.24, 2.45) is 0 Å². The number of benzene rings is 2. The van der Waals surface area contributed by atoms with Crippen LogP contribution in [-0.2, 0) is 0 Å². The molecule has 0 heterocycles. The molecule has 2 rings (SSSR count). The van der Waals surface area contributed by atoms with Gasteiger partial charge < -0.3 is 0 Å². The largest absolute Gasteiger partial charge is 0.205 e. The zero-order valence-electron chi connectivity index (χ0n) is 8.20. The smallest absolute Gasteiger partial charge is 0.194 e. The van der Waals surface area contributed by atoms with Gasteiger partial charge in [0.15, 0.2) is 17.5 Å². The Morgan fingerprint density at radius 2 is 1.53 bits per heavy atom. The lowest BCUT2D eigenvalue weighted by Crippen LogP contribution is -1.93. The molecular weight excluding hydrogens is 256 g/mol. The van der Waals surface area contributed by atoms with E-state index in [9.17, 15) is 17.6 Å². The van der Waals surface area contributed by atoms with E-state index in [1.54, 1.807) is 0 Å². The quantitative estimate of drug-likeness (QED) is 0.527. The first kappa shape index (κ1) is 11.9. The molecule has 0 aliphatic carbocycles. The van der Waals surface area contributed by atoms with Crippen LogP contribution in [0, 0.1) is 29.3 Å². The van der Waals surface area contributed by atoms with Crippen molar-refractivity contribution >= 4 is 11.6 Å². The maximum atomic E-state index is 13.1. The van der Waals surface area contributed by atoms with Gasteiger partial charge in [-0.2, -0.15) is 0 Å². The van der Waals surface area contributed by atoms with E-state index in [1.165, 1.54) is 6.07 Å². The van der Waals surface area contributed by atoms with Crippen molar-refractivity contribution in [3.05, 3.63) is 58.6 Å². The van der Waals surface area contributed by atoms with Crippen molar-refractivity contribution in [3.8, 4) is 11.1 Å². The number of rotatable bonds is 1. The summed E-state index contributed by atoms with van der Waals surface area (Å²) in [6, 6.07) is 6.28. The summed E-state index contributed by atoms with van der Waals surface area (Å²) in [4.78, 5) is 0. The minimum atomic E-state index is -1.58. The van der Waals surface area contributed by atoms with Crippen molar-refractivity contribution in [2.75, 3.05) is 0 Å². The number of hydrogen-bond acceptors (Lipinski definition) is 0. The van der Waals surface area contributed by atoms with Crippen LogP contribution in [0.25, 0.3) is 11.1 Å². The summed E-state index contributed by atoms with van der Waals surface area (Å²) in [5.41, 5.74) is -0.102. The number of hydrogen-bond donors (Lipinski definition) is 0. The van der Waals surface area contributed by atoms with Crippen LogP contribution in [0.5, 0.6) is 0 Å². The van der Waals surface area contributed by atoms with E-state index in [2.05, 4.69) is 6.07 Å². The van der Waals surface area contributed by atoms with Gasteiger partial charge in [-0.05, 0) is 29.8 Å². The van der Waals surface area contributed by atoms with E-state index in [4.69, 9.17) is 11.6 Å². The van der Waals surface area contributed by atoms with Gasteiger partial charge in [-0.15, -0.1) is 0 Å². The molecule has 0 aromatic heterocycles. The van der Waals surface area contributed by atoms with Crippen LogP contribution >= 0.6 is 11.6 Å². The van der Waals surface area contributed by atoms with Crippen LogP contribution in [0.2, 0.25) is 5.02 Å². The minimum Gasteiger partial charge on any atom is -0.205 e. The first-order valence-corrected chi connectivity index (χ1v) is 4.89. The molecule has 1 radical (unpaired) electrons. The molecular formula is C12H4ClF4. The van der Waals surface area contributed by atoms with Gasteiger partial charge in [-0.25, -0.2) is 17.6 Å². The third-order valence-corrected chi connectivity index (χ3v) is 2.53. The molecule has 5 heteroatoms. The monoisotopic (exact) mass is 259 g/mol. The normalized spacial score (nSPS) is 10.6. The molecule has 17 heavy (non-hydrogen) atoms. The Hall–Kier alpha value is -1.55. The lowest BCUT2D eigenvalue weighted by Gasteiger charge is -2.06. The first-order valence-electron chi connectivity index (χ1n) is 4.51. The van der Waals surface area contributed by atoms with E-state index in [0.29, 0.717) is 0 Å². The average Bonchev–Trinajstić information content (AvgIpc) is 2.29. The van der Waals surface area contributed by atoms with Crippen LogP contribution in [-0.4, -0.2) is 0 Å². The summed E-state index contributed by atoms with van der Waals surface area (Å²) in [5, 5.41) is -0.321. The zero-order valence-corrected chi connectivity index (χ0v) is 8.96. The highest BCUT2D eigenvalue weighted by atomic mass is 35.5. The minimum absolute atomic E-state index is 0.0236. The van der Waals surface area contributed by atoms with Gasteiger partial charge in [0.1, 0.15) is 5.82 Å². The van der Waals surface area contributed by atoms with E-state index in [0.717, 1.165) is 18.2 Å². The second kappa shape index (κ2) is 4.37. The van der Waals surface area contributed by atoms with Gasteiger partial charge in [-0.3, -0.25) is 0 Å². The summed E-state index contributed by atoms with van der Waals surface area (Å²) in [6.07, 6.45) is 0. The van der Waals surface area contributed by atoms with Crippen molar-refractivity contribution in [1.29, 1.82) is 0 Å². The predicted octanol–water partition coefficient (Wildman–Crippen LogP) is 4.36. The first-order chi connectivity index (χ1) is 8.00. The molecule has 2 aromatic carbocycles. The van der Waals surface area contributed by atoms with Gasteiger partial charge in [0.25, 0.3) is 0 Å². The Bertz CT molecular complexity index is 558. The fourth-order valence-corrected chi connectivity index (χ4v) is 1.59. The van der Waals surface area contributed by atoms with E-state index >= 15 is 0 Å². The van der Waals surface area contributed by atoms with Crippen LogP contribution < -0.4 is 0 Å². The van der Waals surface area contributed by atoms with E-state index in [-0.39, 0.29) is 16.1 Å². The molecule has 0 nitrogen and oxygen atoms in total. The van der Waals surface area contributed by atoms with Crippen LogP contribution in [0.1, 0.15) is 0 Å². The summed E-state index contributed by atoms with van der Waals surface area (Å²) in [7, 11) is 0. The highest BCUT2D eigenvalue weighted by molar-refractivity contribution is 6.33. The zero-order chi connectivity index (χ0) is 12.6. The molecule has 0 saturated carbocycles. The maximum Gasteiger partial charge on any atom is 0.194 e. The molecule has 0 N–H and O–H groups in total. The predicted molar refractivity (Wildman–Crippen MR) is 55.6 cm³/mol. The third-order valence-electron chi connectivity index (χ3n) is 2.16. The van der Waals surface area contributed by atoms with Crippen molar-refractivity contribution in [3.63, 3.8) is 0 Å². The van der Waals surface area contributed by atoms with Gasteiger partial charge >= 0.3 is 0 Å². The number of halogens is 5. The van der Waals surface area contributed by atoms with E-state index < -0.39 is 23.3 Å². The highest BCUT2D eigenvalue weighted by Crippen LogP contribution is 2.31. The fraction of sp³-hybridized carbons (Fsp3) is 0. The maximum absolute atomic E-state index is 13.1. The van der Waals surface area contributed by atoms with Crippen LogP contribution in [0.3, 0.4) is 0 Å². The molecule has 0 bridgehead atoms. The molecule has 0 fully saturated rings. The fourth-order valence-electron chi connectivity index (χ4n) is 1.36. The lowest BCUT2D eigenvalue weighted by atomic mass is 10.0. The Morgan fingerprint density at radius 1 is 0.941 bits per heavy atom. The second-order valence-electron chi connectivity index (χ2n) is 3.27. The molecule has 2 aromatic rings. The Balaban J connectivity index is 2.65. The molecule has 0 aliphatic heterocycles. The average molecular weight is 260 g/mol. The molecule has 0 saturated heterocycles. The van der Waals surface area contributed by atoms with Gasteiger partial charge in [0.05, 0.1) is 5.02 Å². The topological polar surface area (TPSA) is 0 Å². The molecule has 87 valence electrons. The molecule has 0 amide bonds. The van der Waals surface area contributed by atoms with Crippen molar-refractivity contribution in [2.45, 2.75) is 0 Å². The van der Waals surface area contributed by atoms with Crippen molar-refractivity contribution < 1.29 is 17.6 Å². The molecule has 0 aliphatic rings. The third kappa shape index (κ3) is 2.13.